The summed E-state index contributed by atoms with van der Waals surface area (Å²) in [5, 5.41) is 29.4. The third kappa shape index (κ3) is 4.28. The van der Waals surface area contributed by atoms with Gasteiger partial charge in [0, 0.05) is 24.5 Å². The summed E-state index contributed by atoms with van der Waals surface area (Å²) in [6.45, 7) is -0.666. The lowest BCUT2D eigenvalue weighted by atomic mass is 10.1. The fourth-order valence-electron chi connectivity index (χ4n) is 3.37. The van der Waals surface area contributed by atoms with Crippen molar-refractivity contribution in [1.82, 2.24) is 14.1 Å². The highest BCUT2D eigenvalue weighted by Crippen LogP contribution is 2.28. The van der Waals surface area contributed by atoms with E-state index in [1.807, 2.05) is 18.2 Å². The van der Waals surface area contributed by atoms with Crippen molar-refractivity contribution in [3.8, 4) is 11.5 Å². The Morgan fingerprint density at radius 1 is 1.03 bits per heavy atom. The Morgan fingerprint density at radius 3 is 2.52 bits per heavy atom. The maximum atomic E-state index is 12.9. The van der Waals surface area contributed by atoms with E-state index in [9.17, 15) is 24.9 Å². The van der Waals surface area contributed by atoms with E-state index in [4.69, 9.17) is 9.47 Å². The molecule has 3 aromatic rings. The number of hydrogen-bond acceptors (Lipinski definition) is 8. The third-order valence-corrected chi connectivity index (χ3v) is 4.97. The zero-order chi connectivity index (χ0) is 22.0. The molecule has 0 bridgehead atoms. The summed E-state index contributed by atoms with van der Waals surface area (Å²) in [5.41, 5.74) is -0.908. The molecular formula is C21H21N3O7. The number of hydrogen-bond donors (Lipinski definition) is 3. The summed E-state index contributed by atoms with van der Waals surface area (Å²) in [6.07, 6.45) is -2.40. The second-order valence-corrected chi connectivity index (χ2v) is 7.06. The minimum atomic E-state index is -1.44. The van der Waals surface area contributed by atoms with E-state index >= 15 is 0 Å². The van der Waals surface area contributed by atoms with Crippen LogP contribution in [-0.2, 0) is 11.3 Å². The molecule has 0 aliphatic carbocycles. The summed E-state index contributed by atoms with van der Waals surface area (Å²) >= 11 is 0. The van der Waals surface area contributed by atoms with Crippen molar-refractivity contribution in [3.63, 3.8) is 0 Å². The molecule has 0 spiro atoms. The summed E-state index contributed by atoms with van der Waals surface area (Å²) in [5.74, 6) is 1.12. The number of aromatic nitrogens is 3. The first-order chi connectivity index (χ1) is 15.0. The normalized spacial score (nSPS) is 23.1. The van der Waals surface area contributed by atoms with E-state index in [0.29, 0.717) is 17.2 Å². The van der Waals surface area contributed by atoms with Crippen molar-refractivity contribution in [1.29, 1.82) is 0 Å². The molecule has 1 fully saturated rings. The van der Waals surface area contributed by atoms with E-state index in [1.165, 1.54) is 12.4 Å². The van der Waals surface area contributed by atoms with Gasteiger partial charge in [0.05, 0.1) is 18.8 Å². The number of benzene rings is 1. The van der Waals surface area contributed by atoms with Crippen molar-refractivity contribution < 1.29 is 24.8 Å². The third-order valence-electron chi connectivity index (χ3n) is 4.97. The van der Waals surface area contributed by atoms with Gasteiger partial charge in [-0.05, 0) is 18.2 Å². The number of aliphatic hydroxyl groups is 3. The van der Waals surface area contributed by atoms with Crippen molar-refractivity contribution in [2.75, 3.05) is 6.61 Å². The molecule has 1 aliphatic rings. The smallest absolute Gasteiger partial charge is 0.333 e. The van der Waals surface area contributed by atoms with Crippen molar-refractivity contribution in [2.45, 2.75) is 31.1 Å². The van der Waals surface area contributed by atoms with Gasteiger partial charge >= 0.3 is 5.69 Å². The molecular weight excluding hydrogens is 406 g/mol. The molecule has 0 radical (unpaired) electrons. The quantitative estimate of drug-likeness (QED) is 0.495. The predicted molar refractivity (Wildman–Crippen MR) is 108 cm³/mol. The Bertz CT molecular complexity index is 1160. The number of rotatable bonds is 6. The van der Waals surface area contributed by atoms with Gasteiger partial charge in [0.2, 0.25) is 0 Å². The Labute approximate surface area is 176 Å². The average Bonchev–Trinajstić information content (AvgIpc) is 3.06. The van der Waals surface area contributed by atoms with Crippen LogP contribution >= 0.6 is 0 Å². The summed E-state index contributed by atoms with van der Waals surface area (Å²) < 4.78 is 13.1. The Morgan fingerprint density at radius 2 is 1.81 bits per heavy atom. The SMILES string of the molecule is O=c1ccn([C@@H]2O[C@H](CO)C(O)C2O)c(=O)n1Cc1cc(Oc2ccccc2)ccn1. The molecule has 2 unspecified atom stereocenters. The molecule has 0 amide bonds. The number of para-hydroxylation sites is 1. The molecule has 0 saturated carbocycles. The molecule has 2 aromatic heterocycles. The minimum Gasteiger partial charge on any atom is -0.457 e. The summed E-state index contributed by atoms with van der Waals surface area (Å²) in [6, 6.07) is 13.5. The Balaban J connectivity index is 1.61. The second kappa shape index (κ2) is 8.82. The molecule has 3 heterocycles. The Hall–Kier alpha value is -3.31. The van der Waals surface area contributed by atoms with Crippen LogP contribution < -0.4 is 16.0 Å². The minimum absolute atomic E-state index is 0.140. The molecule has 10 heteroatoms. The number of aliphatic hydroxyl groups excluding tert-OH is 3. The van der Waals surface area contributed by atoms with Gasteiger partial charge in [-0.1, -0.05) is 18.2 Å². The topological polar surface area (TPSA) is 136 Å². The largest absolute Gasteiger partial charge is 0.457 e. The van der Waals surface area contributed by atoms with Gasteiger partial charge in [0.1, 0.15) is 29.8 Å². The molecule has 4 rings (SSSR count). The molecule has 162 valence electrons. The van der Waals surface area contributed by atoms with E-state index in [0.717, 1.165) is 15.2 Å². The van der Waals surface area contributed by atoms with Gasteiger partial charge in [0.25, 0.3) is 5.56 Å². The van der Waals surface area contributed by atoms with Gasteiger partial charge < -0.3 is 24.8 Å². The fourth-order valence-corrected chi connectivity index (χ4v) is 3.37. The number of nitrogens with zero attached hydrogens (tertiary/aromatic N) is 3. The highest BCUT2D eigenvalue weighted by Gasteiger charge is 2.43. The van der Waals surface area contributed by atoms with E-state index < -0.39 is 42.4 Å². The average molecular weight is 427 g/mol. The van der Waals surface area contributed by atoms with Crippen LogP contribution in [0.1, 0.15) is 11.9 Å². The first kappa shape index (κ1) is 20.9. The van der Waals surface area contributed by atoms with Crippen LogP contribution in [0.15, 0.2) is 70.5 Å². The summed E-state index contributed by atoms with van der Waals surface area (Å²) in [7, 11) is 0. The lowest BCUT2D eigenvalue weighted by molar-refractivity contribution is -0.0555. The van der Waals surface area contributed by atoms with Crippen LogP contribution in [-0.4, -0.2) is 54.4 Å². The van der Waals surface area contributed by atoms with E-state index in [1.54, 1.807) is 24.3 Å². The monoisotopic (exact) mass is 427 g/mol. The molecule has 1 aliphatic heterocycles. The fraction of sp³-hybridized carbons (Fsp3) is 0.286. The summed E-state index contributed by atoms with van der Waals surface area (Å²) in [4.78, 5) is 29.5. The standard InChI is InChI=1S/C21H21N3O7/c25-12-16-18(27)19(28)20(31-16)23-9-7-17(26)24(21(23)29)11-13-10-15(6-8-22-13)30-14-4-2-1-3-5-14/h1-10,16,18-20,25,27-28H,11-12H2/t16-,18?,19?,20-/m1/s1. The lowest BCUT2D eigenvalue weighted by Crippen LogP contribution is -2.43. The lowest BCUT2D eigenvalue weighted by Gasteiger charge is -2.18. The Kier molecular flexibility index (Phi) is 5.96. The van der Waals surface area contributed by atoms with E-state index in [-0.39, 0.29) is 6.54 Å². The molecule has 31 heavy (non-hydrogen) atoms. The van der Waals surface area contributed by atoms with Gasteiger partial charge in [-0.25, -0.2) is 4.79 Å². The van der Waals surface area contributed by atoms with Crippen LogP contribution in [0, 0.1) is 0 Å². The zero-order valence-electron chi connectivity index (χ0n) is 16.3. The van der Waals surface area contributed by atoms with Crippen LogP contribution in [0.25, 0.3) is 0 Å². The predicted octanol–water partition coefficient (Wildman–Crippen LogP) is -0.143. The maximum absolute atomic E-state index is 12.9. The van der Waals surface area contributed by atoms with Crippen LogP contribution in [0.3, 0.4) is 0 Å². The highest BCUT2D eigenvalue weighted by atomic mass is 16.6. The number of pyridine rings is 1. The molecule has 1 saturated heterocycles. The maximum Gasteiger partial charge on any atom is 0.333 e. The van der Waals surface area contributed by atoms with Gasteiger partial charge in [-0.2, -0.15) is 0 Å². The molecule has 10 nitrogen and oxygen atoms in total. The van der Waals surface area contributed by atoms with Gasteiger partial charge in [-0.15, -0.1) is 0 Å². The highest BCUT2D eigenvalue weighted by molar-refractivity contribution is 5.31. The number of ether oxygens (including phenoxy) is 2. The molecule has 1 aromatic carbocycles. The van der Waals surface area contributed by atoms with Crippen LogP contribution in [0.4, 0.5) is 0 Å². The van der Waals surface area contributed by atoms with Crippen molar-refractivity contribution in [3.05, 3.63) is 87.5 Å². The molecule has 4 atom stereocenters. The second-order valence-electron chi connectivity index (χ2n) is 7.06. The van der Waals surface area contributed by atoms with Crippen LogP contribution in [0.2, 0.25) is 0 Å². The van der Waals surface area contributed by atoms with Gasteiger partial charge in [-0.3, -0.25) is 18.9 Å². The first-order valence-corrected chi connectivity index (χ1v) is 9.60. The zero-order valence-corrected chi connectivity index (χ0v) is 16.3. The van der Waals surface area contributed by atoms with E-state index in [2.05, 4.69) is 4.98 Å². The van der Waals surface area contributed by atoms with Crippen molar-refractivity contribution in [2.24, 2.45) is 0 Å². The first-order valence-electron chi connectivity index (χ1n) is 9.60. The van der Waals surface area contributed by atoms with Gasteiger partial charge in [0.15, 0.2) is 6.23 Å². The van der Waals surface area contributed by atoms with Crippen molar-refractivity contribution >= 4 is 0 Å². The molecule has 3 N–H and O–H groups in total. The van der Waals surface area contributed by atoms with Crippen LogP contribution in [0.5, 0.6) is 11.5 Å².